The second-order valence-corrected chi connectivity index (χ2v) is 5.32. The zero-order valence-electron chi connectivity index (χ0n) is 11.0. The first-order valence-corrected chi connectivity index (χ1v) is 6.51. The lowest BCUT2D eigenvalue weighted by Gasteiger charge is -2.13. The minimum atomic E-state index is -1.84. The van der Waals surface area contributed by atoms with Crippen LogP contribution in [0.5, 0.6) is 0 Å². The Morgan fingerprint density at radius 2 is 0.696 bits per heavy atom. The standard InChI is InChI=1S/C12H8F6N4S/c13-1-3(15)11(5(17)9(21)7(1)19)23-12-4(16)2(14)8(20)10(22)6(12)18/h19-22H2. The number of nitrogens with two attached hydrogens (primary N) is 4. The van der Waals surface area contributed by atoms with Gasteiger partial charge in [0.2, 0.25) is 0 Å². The summed E-state index contributed by atoms with van der Waals surface area (Å²) >= 11 is -0.283. The van der Waals surface area contributed by atoms with Crippen LogP contribution in [0.15, 0.2) is 9.79 Å². The highest BCUT2D eigenvalue weighted by atomic mass is 32.2. The first-order valence-electron chi connectivity index (χ1n) is 5.70. The molecule has 11 heteroatoms. The van der Waals surface area contributed by atoms with Gasteiger partial charge in [0, 0.05) is 0 Å². The quantitative estimate of drug-likeness (QED) is 0.377. The van der Waals surface area contributed by atoms with Crippen molar-refractivity contribution in [2.45, 2.75) is 9.79 Å². The fourth-order valence-corrected chi connectivity index (χ4v) is 2.59. The van der Waals surface area contributed by atoms with Gasteiger partial charge in [0.15, 0.2) is 34.9 Å². The molecule has 8 N–H and O–H groups in total. The summed E-state index contributed by atoms with van der Waals surface area (Å²) < 4.78 is 82.3. The second-order valence-electron chi connectivity index (χ2n) is 4.30. The monoisotopic (exact) mass is 354 g/mol. The van der Waals surface area contributed by atoms with Gasteiger partial charge in [0.1, 0.15) is 0 Å². The first kappa shape index (κ1) is 16.9. The molecule has 0 amide bonds. The van der Waals surface area contributed by atoms with Gasteiger partial charge in [-0.2, -0.15) is 0 Å². The van der Waals surface area contributed by atoms with Crippen molar-refractivity contribution in [1.29, 1.82) is 0 Å². The van der Waals surface area contributed by atoms with Crippen molar-refractivity contribution < 1.29 is 26.3 Å². The molecule has 0 fully saturated rings. The Labute approximate surface area is 129 Å². The van der Waals surface area contributed by atoms with Crippen LogP contribution in [0.2, 0.25) is 0 Å². The van der Waals surface area contributed by atoms with Crippen LogP contribution in [0.4, 0.5) is 49.1 Å². The van der Waals surface area contributed by atoms with E-state index in [0.717, 1.165) is 0 Å². The topological polar surface area (TPSA) is 104 Å². The molecule has 0 unspecified atom stereocenters. The van der Waals surface area contributed by atoms with Crippen molar-refractivity contribution in [2.75, 3.05) is 22.9 Å². The maximum absolute atomic E-state index is 13.9. The summed E-state index contributed by atoms with van der Waals surface area (Å²) in [6, 6.07) is 0. The smallest absolute Gasteiger partial charge is 0.185 e. The largest absolute Gasteiger partial charge is 0.395 e. The number of hydrogen-bond acceptors (Lipinski definition) is 5. The number of nitrogen functional groups attached to an aromatic ring is 4. The molecule has 2 rings (SSSR count). The lowest BCUT2D eigenvalue weighted by atomic mass is 10.2. The predicted octanol–water partition coefficient (Wildman–Crippen LogP) is 3.00. The lowest BCUT2D eigenvalue weighted by molar-refractivity contribution is 0.466. The molecular formula is C12H8F6N4S. The minimum absolute atomic E-state index is 0.283. The normalized spacial score (nSPS) is 11.0. The van der Waals surface area contributed by atoms with E-state index >= 15 is 0 Å². The highest BCUT2D eigenvalue weighted by Crippen LogP contribution is 2.43. The Kier molecular flexibility index (Phi) is 4.16. The predicted molar refractivity (Wildman–Crippen MR) is 74.4 cm³/mol. The lowest BCUT2D eigenvalue weighted by Crippen LogP contribution is -2.08. The van der Waals surface area contributed by atoms with Crippen LogP contribution in [-0.4, -0.2) is 0 Å². The SMILES string of the molecule is Nc1c(N)c(F)c(Sc2c(F)c(N)c(N)c(F)c2F)c(F)c1F. The number of hydrogen-bond donors (Lipinski definition) is 4. The summed E-state index contributed by atoms with van der Waals surface area (Å²) in [4.78, 5) is -2.42. The van der Waals surface area contributed by atoms with E-state index in [1.54, 1.807) is 0 Å². The molecule has 0 bridgehead atoms. The van der Waals surface area contributed by atoms with Gasteiger partial charge in [0.05, 0.1) is 32.5 Å². The third-order valence-corrected chi connectivity index (χ3v) is 4.04. The molecule has 2 aromatic rings. The van der Waals surface area contributed by atoms with Gasteiger partial charge in [-0.1, -0.05) is 11.8 Å². The zero-order valence-corrected chi connectivity index (χ0v) is 11.8. The summed E-state index contributed by atoms with van der Waals surface area (Å²) in [5.41, 5.74) is 16.4. The van der Waals surface area contributed by atoms with Crippen molar-refractivity contribution >= 4 is 34.5 Å². The van der Waals surface area contributed by atoms with E-state index in [-0.39, 0.29) is 11.8 Å². The van der Waals surface area contributed by atoms with Gasteiger partial charge >= 0.3 is 0 Å². The Balaban J connectivity index is 2.71. The van der Waals surface area contributed by atoms with Crippen LogP contribution in [-0.2, 0) is 0 Å². The van der Waals surface area contributed by atoms with Gasteiger partial charge in [-0.3, -0.25) is 0 Å². The molecule has 0 aliphatic heterocycles. The third-order valence-electron chi connectivity index (χ3n) is 2.91. The van der Waals surface area contributed by atoms with Gasteiger partial charge in [-0.15, -0.1) is 0 Å². The molecule has 0 aromatic heterocycles. The molecule has 4 nitrogen and oxygen atoms in total. The highest BCUT2D eigenvalue weighted by molar-refractivity contribution is 7.99. The van der Waals surface area contributed by atoms with Crippen molar-refractivity contribution in [2.24, 2.45) is 0 Å². The summed E-state index contributed by atoms with van der Waals surface area (Å²) in [5.74, 6) is -10.2. The molecule has 0 atom stereocenters. The minimum Gasteiger partial charge on any atom is -0.395 e. The molecule has 0 heterocycles. The number of anilines is 4. The number of rotatable bonds is 2. The van der Waals surface area contributed by atoms with Crippen LogP contribution in [0.25, 0.3) is 0 Å². The molecular weight excluding hydrogens is 346 g/mol. The van der Waals surface area contributed by atoms with Crippen molar-refractivity contribution in [3.8, 4) is 0 Å². The van der Waals surface area contributed by atoms with E-state index < -0.39 is 67.4 Å². The Bertz CT molecular complexity index is 701. The second kappa shape index (κ2) is 5.65. The Morgan fingerprint density at radius 3 is 1.00 bits per heavy atom. The van der Waals surface area contributed by atoms with Crippen LogP contribution in [0.1, 0.15) is 0 Å². The Morgan fingerprint density at radius 1 is 0.435 bits per heavy atom. The average Bonchev–Trinajstić information content (AvgIpc) is 2.54. The van der Waals surface area contributed by atoms with Crippen LogP contribution in [0, 0.1) is 34.9 Å². The molecule has 23 heavy (non-hydrogen) atoms. The molecule has 0 saturated carbocycles. The summed E-state index contributed by atoms with van der Waals surface area (Å²) in [6.07, 6.45) is 0. The number of benzene rings is 2. The molecule has 0 aliphatic carbocycles. The average molecular weight is 354 g/mol. The van der Waals surface area contributed by atoms with Crippen molar-refractivity contribution in [3.05, 3.63) is 34.9 Å². The maximum Gasteiger partial charge on any atom is 0.185 e. The molecule has 0 spiro atoms. The fraction of sp³-hybridized carbons (Fsp3) is 0. The third kappa shape index (κ3) is 2.46. The molecule has 124 valence electrons. The van der Waals surface area contributed by atoms with Crippen molar-refractivity contribution in [3.63, 3.8) is 0 Å². The fourth-order valence-electron chi connectivity index (χ4n) is 1.63. The molecule has 2 aromatic carbocycles. The molecule has 0 saturated heterocycles. The summed E-state index contributed by atoms with van der Waals surface area (Å²) in [7, 11) is 0. The van der Waals surface area contributed by atoms with E-state index in [2.05, 4.69) is 0 Å². The van der Waals surface area contributed by atoms with E-state index in [1.807, 2.05) is 0 Å². The Hall–Kier alpha value is -2.43. The van der Waals surface area contributed by atoms with E-state index in [4.69, 9.17) is 22.9 Å². The van der Waals surface area contributed by atoms with Crippen LogP contribution in [0.3, 0.4) is 0 Å². The van der Waals surface area contributed by atoms with Crippen molar-refractivity contribution in [1.82, 2.24) is 0 Å². The van der Waals surface area contributed by atoms with E-state index in [0.29, 0.717) is 0 Å². The summed E-state index contributed by atoms with van der Waals surface area (Å²) in [5, 5.41) is 0. The van der Waals surface area contributed by atoms with E-state index in [9.17, 15) is 26.3 Å². The highest BCUT2D eigenvalue weighted by Gasteiger charge is 2.28. The number of halogens is 6. The maximum atomic E-state index is 13.9. The van der Waals surface area contributed by atoms with Gasteiger partial charge in [0.25, 0.3) is 0 Å². The molecule has 0 aliphatic rings. The molecule has 0 radical (unpaired) electrons. The van der Waals surface area contributed by atoms with E-state index in [1.165, 1.54) is 0 Å². The van der Waals surface area contributed by atoms with Crippen LogP contribution < -0.4 is 22.9 Å². The van der Waals surface area contributed by atoms with Gasteiger partial charge in [-0.05, 0) is 0 Å². The summed E-state index contributed by atoms with van der Waals surface area (Å²) in [6.45, 7) is 0. The first-order chi connectivity index (χ1) is 10.6. The van der Waals surface area contributed by atoms with Gasteiger partial charge < -0.3 is 22.9 Å². The van der Waals surface area contributed by atoms with Crippen LogP contribution >= 0.6 is 11.8 Å². The zero-order chi connectivity index (χ0) is 17.6. The van der Waals surface area contributed by atoms with Gasteiger partial charge in [-0.25, -0.2) is 26.3 Å².